The van der Waals surface area contributed by atoms with E-state index in [1.54, 1.807) is 18.9 Å². The highest BCUT2D eigenvalue weighted by Gasteiger charge is 2.21. The Balaban J connectivity index is 1.74. The van der Waals surface area contributed by atoms with Crippen LogP contribution in [0.4, 0.5) is 0 Å². The monoisotopic (exact) mass is 363 g/mol. The second-order valence-electron chi connectivity index (χ2n) is 5.79. The van der Waals surface area contributed by atoms with Crippen LogP contribution in [-0.4, -0.2) is 13.0 Å². The van der Waals surface area contributed by atoms with Crippen LogP contribution in [0.1, 0.15) is 16.4 Å². The van der Waals surface area contributed by atoms with E-state index >= 15 is 0 Å². The number of amides is 1. The van der Waals surface area contributed by atoms with E-state index in [4.69, 9.17) is 4.74 Å². The number of hydrogen-bond acceptors (Lipinski definition) is 3. The molecule has 1 unspecified atom stereocenters. The second kappa shape index (κ2) is 9.11. The van der Waals surface area contributed by atoms with Crippen molar-refractivity contribution in [2.24, 2.45) is 0 Å². The summed E-state index contributed by atoms with van der Waals surface area (Å²) >= 11 is 1.56. The van der Waals surface area contributed by atoms with Crippen LogP contribution in [-0.2, 0) is 11.3 Å². The third kappa shape index (κ3) is 4.90. The van der Waals surface area contributed by atoms with E-state index in [9.17, 15) is 4.79 Å². The maximum Gasteiger partial charge on any atom is 0.238 e. The van der Waals surface area contributed by atoms with Gasteiger partial charge in [-0.05, 0) is 35.4 Å². The van der Waals surface area contributed by atoms with Gasteiger partial charge in [-0.1, -0.05) is 60.7 Å². The number of hydrogen-bond donors (Lipinski definition) is 1. The Morgan fingerprint density at radius 2 is 1.65 bits per heavy atom. The van der Waals surface area contributed by atoms with Crippen LogP contribution in [0.3, 0.4) is 0 Å². The topological polar surface area (TPSA) is 38.3 Å². The zero-order valence-electron chi connectivity index (χ0n) is 14.6. The molecule has 0 radical (unpaired) electrons. The lowest BCUT2D eigenvalue weighted by Crippen LogP contribution is -2.27. The predicted molar refractivity (Wildman–Crippen MR) is 106 cm³/mol. The van der Waals surface area contributed by atoms with Crippen molar-refractivity contribution in [3.05, 3.63) is 96.1 Å². The first-order valence-electron chi connectivity index (χ1n) is 8.43. The van der Waals surface area contributed by atoms with Crippen molar-refractivity contribution < 1.29 is 9.53 Å². The molecule has 0 aromatic heterocycles. The SMILES string of the molecule is COc1cccc(CNC(=O)C(Sc2ccccc2)c2ccccc2)c1. The lowest BCUT2D eigenvalue weighted by molar-refractivity contribution is -0.120. The number of carbonyl (C=O) groups excluding carboxylic acids is 1. The number of thioether (sulfide) groups is 1. The third-order valence-electron chi connectivity index (χ3n) is 3.94. The first-order valence-corrected chi connectivity index (χ1v) is 9.31. The third-order valence-corrected chi connectivity index (χ3v) is 5.20. The van der Waals surface area contributed by atoms with Gasteiger partial charge in [0.25, 0.3) is 0 Å². The summed E-state index contributed by atoms with van der Waals surface area (Å²) in [7, 11) is 1.64. The highest BCUT2D eigenvalue weighted by molar-refractivity contribution is 8.00. The predicted octanol–water partition coefficient (Wildman–Crippen LogP) is 4.85. The fourth-order valence-electron chi connectivity index (χ4n) is 2.60. The molecular weight excluding hydrogens is 342 g/mol. The van der Waals surface area contributed by atoms with Crippen molar-refractivity contribution in [1.82, 2.24) is 5.32 Å². The van der Waals surface area contributed by atoms with E-state index in [0.29, 0.717) is 6.54 Å². The molecule has 1 N–H and O–H groups in total. The number of methoxy groups -OCH3 is 1. The smallest absolute Gasteiger partial charge is 0.238 e. The molecule has 0 aliphatic heterocycles. The molecule has 0 bridgehead atoms. The molecule has 0 fully saturated rings. The van der Waals surface area contributed by atoms with Crippen LogP contribution in [0, 0.1) is 0 Å². The summed E-state index contributed by atoms with van der Waals surface area (Å²) < 4.78 is 5.24. The highest BCUT2D eigenvalue weighted by Crippen LogP contribution is 2.35. The zero-order chi connectivity index (χ0) is 18.2. The molecule has 0 aliphatic carbocycles. The van der Waals surface area contributed by atoms with Gasteiger partial charge in [-0.15, -0.1) is 11.8 Å². The molecule has 0 aliphatic rings. The summed E-state index contributed by atoms with van der Waals surface area (Å²) in [4.78, 5) is 14.0. The molecule has 0 saturated carbocycles. The van der Waals surface area contributed by atoms with Crippen molar-refractivity contribution in [3.63, 3.8) is 0 Å². The Hall–Kier alpha value is -2.72. The molecule has 4 heteroatoms. The number of rotatable bonds is 7. The maximum atomic E-state index is 12.9. The Kier molecular flexibility index (Phi) is 6.34. The summed E-state index contributed by atoms with van der Waals surface area (Å²) in [6.45, 7) is 0.467. The lowest BCUT2D eigenvalue weighted by atomic mass is 10.1. The van der Waals surface area contributed by atoms with E-state index < -0.39 is 0 Å². The quantitative estimate of drug-likeness (QED) is 0.610. The molecule has 0 heterocycles. The minimum absolute atomic E-state index is 0.00660. The molecule has 0 saturated heterocycles. The van der Waals surface area contributed by atoms with E-state index in [-0.39, 0.29) is 11.2 Å². The summed E-state index contributed by atoms with van der Waals surface area (Å²) in [5.41, 5.74) is 2.00. The van der Waals surface area contributed by atoms with Crippen LogP contribution in [0.2, 0.25) is 0 Å². The minimum Gasteiger partial charge on any atom is -0.497 e. The van der Waals surface area contributed by atoms with Crippen LogP contribution < -0.4 is 10.1 Å². The minimum atomic E-state index is -0.302. The highest BCUT2D eigenvalue weighted by atomic mass is 32.2. The molecule has 3 rings (SSSR count). The van der Waals surface area contributed by atoms with E-state index in [2.05, 4.69) is 5.32 Å². The van der Waals surface area contributed by atoms with Crippen molar-refractivity contribution in [3.8, 4) is 5.75 Å². The van der Waals surface area contributed by atoms with Gasteiger partial charge in [0.15, 0.2) is 0 Å². The van der Waals surface area contributed by atoms with Gasteiger partial charge in [-0.2, -0.15) is 0 Å². The number of ether oxygens (including phenoxy) is 1. The van der Waals surface area contributed by atoms with Gasteiger partial charge in [0.1, 0.15) is 11.0 Å². The van der Waals surface area contributed by atoms with Crippen LogP contribution in [0.25, 0.3) is 0 Å². The molecule has 1 amide bonds. The molecular formula is C22H21NO2S. The van der Waals surface area contributed by atoms with Gasteiger partial charge in [-0.25, -0.2) is 0 Å². The molecule has 26 heavy (non-hydrogen) atoms. The van der Waals surface area contributed by atoms with Crippen molar-refractivity contribution in [1.29, 1.82) is 0 Å². The summed E-state index contributed by atoms with van der Waals surface area (Å²) in [6.07, 6.45) is 0. The van der Waals surface area contributed by atoms with Gasteiger partial charge in [-0.3, -0.25) is 4.79 Å². The van der Waals surface area contributed by atoms with Gasteiger partial charge in [0.2, 0.25) is 5.91 Å². The van der Waals surface area contributed by atoms with Gasteiger partial charge >= 0.3 is 0 Å². The summed E-state index contributed by atoms with van der Waals surface area (Å²) in [5.74, 6) is 0.780. The van der Waals surface area contributed by atoms with Gasteiger partial charge in [0, 0.05) is 11.4 Å². The maximum absolute atomic E-state index is 12.9. The number of nitrogens with one attached hydrogen (secondary N) is 1. The fraction of sp³-hybridized carbons (Fsp3) is 0.136. The average Bonchev–Trinajstić information content (AvgIpc) is 2.72. The number of carbonyl (C=O) groups is 1. The van der Waals surface area contributed by atoms with Crippen LogP contribution in [0.15, 0.2) is 89.8 Å². The first-order chi connectivity index (χ1) is 12.8. The zero-order valence-corrected chi connectivity index (χ0v) is 15.4. The average molecular weight is 363 g/mol. The van der Waals surface area contributed by atoms with Crippen molar-refractivity contribution >= 4 is 17.7 Å². The standard InChI is InChI=1S/C22H21NO2S/c1-25-19-12-8-9-17(15-19)16-23-22(24)21(18-10-4-2-5-11-18)26-20-13-6-3-7-14-20/h2-15,21H,16H2,1H3,(H,23,24). The Bertz CT molecular complexity index is 837. The molecule has 3 aromatic carbocycles. The normalized spacial score (nSPS) is 11.6. The second-order valence-corrected chi connectivity index (χ2v) is 6.97. The lowest BCUT2D eigenvalue weighted by Gasteiger charge is -2.17. The van der Waals surface area contributed by atoms with Crippen molar-refractivity contribution in [2.45, 2.75) is 16.7 Å². The molecule has 3 aromatic rings. The fourth-order valence-corrected chi connectivity index (χ4v) is 3.67. The Morgan fingerprint density at radius 3 is 2.35 bits per heavy atom. The van der Waals surface area contributed by atoms with E-state index in [0.717, 1.165) is 21.8 Å². The molecule has 1 atom stereocenters. The molecule has 3 nitrogen and oxygen atoms in total. The van der Waals surface area contributed by atoms with Crippen molar-refractivity contribution in [2.75, 3.05) is 7.11 Å². The first kappa shape index (κ1) is 18.1. The largest absolute Gasteiger partial charge is 0.497 e. The van der Waals surface area contributed by atoms with Gasteiger partial charge < -0.3 is 10.1 Å². The number of benzene rings is 3. The van der Waals surface area contributed by atoms with Crippen LogP contribution >= 0.6 is 11.8 Å². The van der Waals surface area contributed by atoms with Crippen LogP contribution in [0.5, 0.6) is 5.75 Å². The molecule has 132 valence electrons. The van der Waals surface area contributed by atoms with Gasteiger partial charge in [0.05, 0.1) is 7.11 Å². The summed E-state index contributed by atoms with van der Waals surface area (Å²) in [6, 6.07) is 27.6. The molecule has 0 spiro atoms. The summed E-state index contributed by atoms with van der Waals surface area (Å²) in [5, 5.41) is 2.75. The van der Waals surface area contributed by atoms with E-state index in [1.807, 2.05) is 84.9 Å². The Morgan fingerprint density at radius 1 is 0.962 bits per heavy atom. The Labute approximate surface area is 158 Å². The van der Waals surface area contributed by atoms with E-state index in [1.165, 1.54) is 0 Å².